The molecule has 3 aromatic rings. The van der Waals surface area contributed by atoms with E-state index in [1.54, 1.807) is 18.5 Å². The molecule has 2 unspecified atom stereocenters. The van der Waals surface area contributed by atoms with Gasteiger partial charge in [0.25, 0.3) is 0 Å². The van der Waals surface area contributed by atoms with Crippen LogP contribution in [0.5, 0.6) is 11.6 Å². The summed E-state index contributed by atoms with van der Waals surface area (Å²) >= 11 is 12.6. The number of carbonyl (C=O) groups is 2. The first-order valence-electron chi connectivity index (χ1n) is 15.8. The fourth-order valence-electron chi connectivity index (χ4n) is 6.62. The monoisotopic (exact) mass is 668 g/mol. The highest BCUT2D eigenvalue weighted by Crippen LogP contribution is 2.32. The van der Waals surface area contributed by atoms with E-state index in [1.165, 1.54) is 0 Å². The summed E-state index contributed by atoms with van der Waals surface area (Å²) in [6.07, 6.45) is 6.79. The van der Waals surface area contributed by atoms with Gasteiger partial charge in [0.05, 0.1) is 24.2 Å². The molecule has 2 N–H and O–H groups in total. The van der Waals surface area contributed by atoms with E-state index < -0.39 is 5.97 Å². The van der Waals surface area contributed by atoms with Gasteiger partial charge in [-0.15, -0.1) is 0 Å². The molecule has 0 radical (unpaired) electrons. The summed E-state index contributed by atoms with van der Waals surface area (Å²) in [4.78, 5) is 44.1. The Labute approximate surface area is 278 Å². The number of nitrogens with zero attached hydrogens (tertiary/aromatic N) is 6. The van der Waals surface area contributed by atoms with Gasteiger partial charge in [-0.25, -0.2) is 15.0 Å². The van der Waals surface area contributed by atoms with Gasteiger partial charge >= 0.3 is 5.97 Å². The number of pyridine rings is 1. The highest BCUT2D eigenvalue weighted by atomic mass is 35.5. The van der Waals surface area contributed by atoms with Gasteiger partial charge < -0.3 is 24.7 Å². The number of aliphatic hydroxyl groups is 1. The molecule has 2 saturated heterocycles. The van der Waals surface area contributed by atoms with Gasteiger partial charge in [0.15, 0.2) is 5.75 Å². The Morgan fingerprint density at radius 1 is 0.891 bits per heavy atom. The number of carboxylic acids is 1. The molecule has 11 nitrogen and oxygen atoms in total. The van der Waals surface area contributed by atoms with Crippen molar-refractivity contribution >= 4 is 41.0 Å². The summed E-state index contributed by atoms with van der Waals surface area (Å²) in [5.41, 5.74) is 2.41. The number of ether oxygens (including phenoxy) is 1. The largest absolute Gasteiger partial charge is 0.481 e. The molecule has 2 aromatic heterocycles. The molecule has 2 aliphatic heterocycles. The molecule has 1 saturated carbocycles. The summed E-state index contributed by atoms with van der Waals surface area (Å²) in [6.45, 7) is 4.74. The number of likely N-dealkylation sites (tertiary alicyclic amines) is 1. The van der Waals surface area contributed by atoms with Crippen LogP contribution in [0.3, 0.4) is 0 Å². The number of anilines is 1. The second-order valence-electron chi connectivity index (χ2n) is 12.5. The zero-order valence-electron chi connectivity index (χ0n) is 25.5. The zero-order valence-corrected chi connectivity index (χ0v) is 27.0. The first kappa shape index (κ1) is 32.4. The molecule has 4 heterocycles. The maximum absolute atomic E-state index is 12.8. The number of rotatable bonds is 9. The molecule has 6 rings (SSSR count). The lowest BCUT2D eigenvalue weighted by Gasteiger charge is -2.35. The van der Waals surface area contributed by atoms with Crippen LogP contribution in [0.15, 0.2) is 42.7 Å². The summed E-state index contributed by atoms with van der Waals surface area (Å²) < 4.78 is 6.17. The van der Waals surface area contributed by atoms with E-state index in [4.69, 9.17) is 38.0 Å². The van der Waals surface area contributed by atoms with Crippen LogP contribution in [-0.4, -0.2) is 92.2 Å². The SMILES string of the molecule is O=C(O)CC1CCN(Cc2cc(Oc3cnc(N4CCN(C(=O)C5CCC(O)C5)CC4)nc3)nc(-c3cc(Cl)cc(Cl)c3)c2)CC1. The summed E-state index contributed by atoms with van der Waals surface area (Å²) in [7, 11) is 0. The number of carbonyl (C=O) groups excluding carboxylic acids is 1. The van der Waals surface area contributed by atoms with E-state index in [2.05, 4.69) is 19.8 Å². The van der Waals surface area contributed by atoms with Crippen molar-refractivity contribution in [2.24, 2.45) is 11.8 Å². The molecule has 0 spiro atoms. The van der Waals surface area contributed by atoms with Gasteiger partial charge in [0.1, 0.15) is 0 Å². The van der Waals surface area contributed by atoms with Gasteiger partial charge in [-0.2, -0.15) is 0 Å². The molecule has 1 aliphatic carbocycles. The van der Waals surface area contributed by atoms with Crippen molar-refractivity contribution in [3.05, 3.63) is 58.3 Å². The molecule has 1 amide bonds. The van der Waals surface area contributed by atoms with Crippen LogP contribution in [0.1, 0.15) is 44.1 Å². The molecule has 2 atom stereocenters. The number of piperazine rings is 1. The average Bonchev–Trinajstić information content (AvgIpc) is 3.47. The van der Waals surface area contributed by atoms with Crippen LogP contribution in [0, 0.1) is 11.8 Å². The van der Waals surface area contributed by atoms with Gasteiger partial charge in [0.2, 0.25) is 17.7 Å². The van der Waals surface area contributed by atoms with E-state index >= 15 is 0 Å². The Morgan fingerprint density at radius 2 is 1.59 bits per heavy atom. The lowest BCUT2D eigenvalue weighted by atomic mass is 9.93. The summed E-state index contributed by atoms with van der Waals surface area (Å²) in [5.74, 6) is 0.906. The van der Waals surface area contributed by atoms with Crippen molar-refractivity contribution in [1.29, 1.82) is 0 Å². The minimum atomic E-state index is -0.743. The second-order valence-corrected chi connectivity index (χ2v) is 13.3. The van der Waals surface area contributed by atoms with Crippen LogP contribution in [0.25, 0.3) is 11.3 Å². The van der Waals surface area contributed by atoms with Crippen molar-refractivity contribution in [3.63, 3.8) is 0 Å². The van der Waals surface area contributed by atoms with E-state index in [0.29, 0.717) is 78.9 Å². The van der Waals surface area contributed by atoms with Gasteiger partial charge in [-0.1, -0.05) is 23.2 Å². The van der Waals surface area contributed by atoms with Gasteiger partial charge in [-0.3, -0.25) is 14.5 Å². The zero-order chi connectivity index (χ0) is 32.2. The third kappa shape index (κ3) is 8.25. The fraction of sp³-hybridized carbons (Fsp3) is 0.485. The molecule has 1 aromatic carbocycles. The van der Waals surface area contributed by atoms with Gasteiger partial charge in [0, 0.05) is 66.7 Å². The number of amides is 1. The van der Waals surface area contributed by atoms with Gasteiger partial charge in [-0.05, 0) is 80.9 Å². The summed E-state index contributed by atoms with van der Waals surface area (Å²) in [5, 5.41) is 20.0. The lowest BCUT2D eigenvalue weighted by Crippen LogP contribution is -2.50. The molecular weight excluding hydrogens is 631 g/mol. The molecule has 0 bridgehead atoms. The number of piperidine rings is 1. The van der Waals surface area contributed by atoms with E-state index in [0.717, 1.165) is 43.5 Å². The Kier molecular flexibility index (Phi) is 10.2. The normalized spacial score (nSPS) is 21.0. The summed E-state index contributed by atoms with van der Waals surface area (Å²) in [6, 6.07) is 9.18. The first-order chi connectivity index (χ1) is 22.2. The fourth-order valence-corrected chi connectivity index (χ4v) is 7.15. The molecule has 244 valence electrons. The highest BCUT2D eigenvalue weighted by Gasteiger charge is 2.33. The number of aliphatic carboxylic acids is 1. The maximum Gasteiger partial charge on any atom is 0.303 e. The molecule has 46 heavy (non-hydrogen) atoms. The molecule has 3 aliphatic rings. The van der Waals surface area contributed by atoms with Crippen LogP contribution >= 0.6 is 23.2 Å². The van der Waals surface area contributed by atoms with Crippen LogP contribution in [0.2, 0.25) is 10.0 Å². The van der Waals surface area contributed by atoms with Crippen molar-refractivity contribution in [2.75, 3.05) is 44.2 Å². The number of aromatic nitrogens is 3. The molecule has 13 heteroatoms. The van der Waals surface area contributed by atoms with E-state index in [-0.39, 0.29) is 30.3 Å². The Hall–Kier alpha value is -3.51. The van der Waals surface area contributed by atoms with Crippen molar-refractivity contribution < 1.29 is 24.5 Å². The van der Waals surface area contributed by atoms with E-state index in [1.807, 2.05) is 29.2 Å². The lowest BCUT2D eigenvalue weighted by molar-refractivity contribution is -0.138. The Balaban J connectivity index is 1.13. The molecular formula is C33H38Cl2N6O5. The average molecular weight is 670 g/mol. The number of aliphatic hydroxyl groups excluding tert-OH is 1. The standard InChI is InChI=1S/C33H38Cl2N6O5/c34-25-14-24(15-26(35)17-25)29-11-22(20-39-5-3-21(4-6-39)13-31(43)44)12-30(38-29)46-28-18-36-33(37-19-28)41-9-7-40(8-10-41)32(45)23-1-2-27(42)16-23/h11-12,14-15,17-19,21,23,27,42H,1-10,13,16,20H2,(H,43,44). The number of halogens is 2. The van der Waals surface area contributed by atoms with Crippen LogP contribution < -0.4 is 9.64 Å². The Morgan fingerprint density at radius 3 is 2.22 bits per heavy atom. The number of benzene rings is 1. The maximum atomic E-state index is 12.8. The smallest absolute Gasteiger partial charge is 0.303 e. The third-order valence-electron chi connectivity index (χ3n) is 9.06. The van der Waals surface area contributed by atoms with Crippen LogP contribution in [-0.2, 0) is 16.1 Å². The number of hydrogen-bond donors (Lipinski definition) is 2. The predicted molar refractivity (Wildman–Crippen MR) is 174 cm³/mol. The van der Waals surface area contributed by atoms with Crippen molar-refractivity contribution in [1.82, 2.24) is 24.8 Å². The molecule has 3 fully saturated rings. The minimum Gasteiger partial charge on any atom is -0.481 e. The third-order valence-corrected chi connectivity index (χ3v) is 9.50. The van der Waals surface area contributed by atoms with Crippen molar-refractivity contribution in [3.8, 4) is 22.9 Å². The first-order valence-corrected chi connectivity index (χ1v) is 16.6. The number of hydrogen-bond acceptors (Lipinski definition) is 9. The minimum absolute atomic E-state index is 0.0752. The topological polar surface area (TPSA) is 132 Å². The Bertz CT molecular complexity index is 1520. The van der Waals surface area contributed by atoms with E-state index in [9.17, 15) is 14.7 Å². The predicted octanol–water partition coefficient (Wildman–Crippen LogP) is 5.13. The highest BCUT2D eigenvalue weighted by molar-refractivity contribution is 6.35. The quantitative estimate of drug-likeness (QED) is 0.316. The van der Waals surface area contributed by atoms with Crippen LogP contribution in [0.4, 0.5) is 5.95 Å². The van der Waals surface area contributed by atoms with Crippen molar-refractivity contribution in [2.45, 2.75) is 51.2 Å². The second kappa shape index (κ2) is 14.5. The number of carboxylic acid groups (broad SMARTS) is 1.